The zero-order chi connectivity index (χ0) is 21.7. The van der Waals surface area contributed by atoms with E-state index >= 15 is 0 Å². The van der Waals surface area contributed by atoms with Gasteiger partial charge in [-0.15, -0.1) is 11.3 Å². The Balaban J connectivity index is 1.57. The van der Waals surface area contributed by atoms with E-state index < -0.39 is 11.7 Å². The predicted octanol–water partition coefficient (Wildman–Crippen LogP) is 5.11. The van der Waals surface area contributed by atoms with E-state index in [1.807, 2.05) is 38.4 Å². The molecule has 0 saturated carbocycles. The molecule has 3 aromatic rings. The number of amides is 1. The summed E-state index contributed by atoms with van der Waals surface area (Å²) in [7, 11) is 4.05. The summed E-state index contributed by atoms with van der Waals surface area (Å²) in [6.45, 7) is 0.955. The van der Waals surface area contributed by atoms with Crippen LogP contribution in [0.5, 0.6) is 0 Å². The third-order valence-corrected chi connectivity index (χ3v) is 5.38. The largest absolute Gasteiger partial charge is 0.416 e. The van der Waals surface area contributed by atoms with Crippen molar-refractivity contribution in [1.82, 2.24) is 9.88 Å². The molecule has 0 bridgehead atoms. The van der Waals surface area contributed by atoms with Crippen LogP contribution in [0, 0.1) is 0 Å². The van der Waals surface area contributed by atoms with Crippen molar-refractivity contribution < 1.29 is 18.0 Å². The number of halogens is 3. The third-order valence-electron chi connectivity index (χ3n) is 4.44. The molecule has 0 fully saturated rings. The first kappa shape index (κ1) is 22.0. The number of thiazole rings is 1. The smallest absolute Gasteiger partial charge is 0.326 e. The van der Waals surface area contributed by atoms with Gasteiger partial charge in [0.2, 0.25) is 5.91 Å². The lowest BCUT2D eigenvalue weighted by atomic mass is 10.1. The Hall–Kier alpha value is -2.71. The molecule has 0 spiro atoms. The molecule has 158 valence electrons. The number of nitrogens with one attached hydrogen (secondary N) is 1. The minimum absolute atomic E-state index is 0.0967. The second kappa shape index (κ2) is 9.40. The Kier molecular flexibility index (Phi) is 6.89. The molecule has 1 amide bonds. The third kappa shape index (κ3) is 6.14. The SMILES string of the molecule is CN(C)CCc1ccc(NC(=O)Cc2csc(-c3ccc(C(F)(F)F)cc3)n2)cc1. The fourth-order valence-electron chi connectivity index (χ4n) is 2.80. The number of rotatable bonds is 7. The normalized spacial score (nSPS) is 11.7. The molecule has 2 aromatic carbocycles. The highest BCUT2D eigenvalue weighted by Crippen LogP contribution is 2.31. The summed E-state index contributed by atoms with van der Waals surface area (Å²) in [5.41, 5.74) is 2.38. The van der Waals surface area contributed by atoms with Gasteiger partial charge < -0.3 is 10.2 Å². The maximum absolute atomic E-state index is 12.7. The van der Waals surface area contributed by atoms with Gasteiger partial charge in [0.1, 0.15) is 5.01 Å². The lowest BCUT2D eigenvalue weighted by molar-refractivity contribution is -0.137. The average molecular weight is 433 g/mol. The van der Waals surface area contributed by atoms with Crippen molar-refractivity contribution in [1.29, 1.82) is 0 Å². The van der Waals surface area contributed by atoms with E-state index in [4.69, 9.17) is 0 Å². The molecule has 8 heteroatoms. The van der Waals surface area contributed by atoms with Gasteiger partial charge in [0.05, 0.1) is 17.7 Å². The molecular weight excluding hydrogens is 411 g/mol. The Labute approximate surface area is 177 Å². The van der Waals surface area contributed by atoms with Crippen LogP contribution in [0.3, 0.4) is 0 Å². The second-order valence-electron chi connectivity index (χ2n) is 7.19. The number of likely N-dealkylation sites (N-methyl/N-ethyl adjacent to an activating group) is 1. The van der Waals surface area contributed by atoms with Crippen LogP contribution in [0.1, 0.15) is 16.8 Å². The Morgan fingerprint density at radius 1 is 1.07 bits per heavy atom. The highest BCUT2D eigenvalue weighted by atomic mass is 32.1. The quantitative estimate of drug-likeness (QED) is 0.563. The van der Waals surface area contributed by atoms with Crippen LogP contribution < -0.4 is 5.32 Å². The van der Waals surface area contributed by atoms with E-state index in [0.29, 0.717) is 22.0 Å². The summed E-state index contributed by atoms with van der Waals surface area (Å²) < 4.78 is 38.0. The first-order chi connectivity index (χ1) is 14.2. The van der Waals surface area contributed by atoms with Gasteiger partial charge in [-0.1, -0.05) is 24.3 Å². The number of carbonyl (C=O) groups excluding carboxylic acids is 1. The fourth-order valence-corrected chi connectivity index (χ4v) is 3.63. The first-order valence-corrected chi connectivity index (χ1v) is 10.2. The van der Waals surface area contributed by atoms with E-state index in [-0.39, 0.29) is 12.3 Å². The Bertz CT molecular complexity index is 980. The maximum atomic E-state index is 12.7. The summed E-state index contributed by atoms with van der Waals surface area (Å²) >= 11 is 1.30. The molecule has 1 aromatic heterocycles. The van der Waals surface area contributed by atoms with Crippen molar-refractivity contribution in [3.8, 4) is 10.6 Å². The molecule has 0 atom stereocenters. The van der Waals surface area contributed by atoms with Gasteiger partial charge in [-0.25, -0.2) is 4.98 Å². The van der Waals surface area contributed by atoms with Crippen molar-refractivity contribution in [2.24, 2.45) is 0 Å². The number of hydrogen-bond acceptors (Lipinski definition) is 4. The lowest BCUT2D eigenvalue weighted by Crippen LogP contribution is -2.15. The molecule has 3 rings (SSSR count). The number of aromatic nitrogens is 1. The van der Waals surface area contributed by atoms with Gasteiger partial charge in [0, 0.05) is 23.2 Å². The maximum Gasteiger partial charge on any atom is 0.416 e. The molecule has 0 saturated heterocycles. The zero-order valence-electron chi connectivity index (χ0n) is 16.7. The number of carbonyl (C=O) groups is 1. The monoisotopic (exact) mass is 433 g/mol. The predicted molar refractivity (Wildman–Crippen MR) is 114 cm³/mol. The molecule has 4 nitrogen and oxygen atoms in total. The van der Waals surface area contributed by atoms with Crippen LogP contribution in [0.4, 0.5) is 18.9 Å². The van der Waals surface area contributed by atoms with E-state index in [9.17, 15) is 18.0 Å². The van der Waals surface area contributed by atoms with Crippen LogP contribution >= 0.6 is 11.3 Å². The van der Waals surface area contributed by atoms with E-state index in [1.165, 1.54) is 29.0 Å². The van der Waals surface area contributed by atoms with Crippen LogP contribution in [0.2, 0.25) is 0 Å². The number of hydrogen-bond donors (Lipinski definition) is 1. The summed E-state index contributed by atoms with van der Waals surface area (Å²) in [5, 5.41) is 5.17. The number of alkyl halides is 3. The molecule has 1 N–H and O–H groups in total. The Morgan fingerprint density at radius 3 is 2.33 bits per heavy atom. The lowest BCUT2D eigenvalue weighted by Gasteiger charge is -2.10. The molecular formula is C22H22F3N3OS. The summed E-state index contributed by atoms with van der Waals surface area (Å²) in [5.74, 6) is -0.194. The molecule has 1 heterocycles. The standard InChI is InChI=1S/C22H22F3N3OS/c1-28(2)12-11-15-3-9-18(10-4-15)26-20(29)13-19-14-30-21(27-19)16-5-7-17(8-6-16)22(23,24)25/h3-10,14H,11-13H2,1-2H3,(H,26,29). The Morgan fingerprint density at radius 2 is 1.73 bits per heavy atom. The molecule has 0 aliphatic heterocycles. The van der Waals surface area contributed by atoms with E-state index in [2.05, 4.69) is 15.2 Å². The van der Waals surface area contributed by atoms with Gasteiger partial charge in [-0.05, 0) is 50.3 Å². The van der Waals surface area contributed by atoms with Crippen molar-refractivity contribution in [2.75, 3.05) is 26.0 Å². The van der Waals surface area contributed by atoms with Crippen molar-refractivity contribution in [3.63, 3.8) is 0 Å². The number of benzene rings is 2. The van der Waals surface area contributed by atoms with Crippen LogP contribution in [-0.2, 0) is 23.8 Å². The van der Waals surface area contributed by atoms with Crippen molar-refractivity contribution >= 4 is 22.9 Å². The van der Waals surface area contributed by atoms with Gasteiger partial charge in [0.25, 0.3) is 0 Å². The minimum Gasteiger partial charge on any atom is -0.326 e. The van der Waals surface area contributed by atoms with Crippen LogP contribution in [-0.4, -0.2) is 36.4 Å². The van der Waals surface area contributed by atoms with Crippen molar-refractivity contribution in [2.45, 2.75) is 19.0 Å². The van der Waals surface area contributed by atoms with E-state index in [1.54, 1.807) is 5.38 Å². The molecule has 30 heavy (non-hydrogen) atoms. The zero-order valence-corrected chi connectivity index (χ0v) is 17.5. The molecule has 0 radical (unpaired) electrons. The highest BCUT2D eigenvalue weighted by molar-refractivity contribution is 7.13. The second-order valence-corrected chi connectivity index (χ2v) is 8.05. The first-order valence-electron chi connectivity index (χ1n) is 9.36. The fraction of sp³-hybridized carbons (Fsp3) is 0.273. The van der Waals surface area contributed by atoms with Crippen molar-refractivity contribution in [3.05, 3.63) is 70.7 Å². The highest BCUT2D eigenvalue weighted by Gasteiger charge is 2.30. The molecule has 0 unspecified atom stereocenters. The average Bonchev–Trinajstić information content (AvgIpc) is 3.15. The van der Waals surface area contributed by atoms with E-state index in [0.717, 1.165) is 25.1 Å². The number of nitrogens with zero attached hydrogens (tertiary/aromatic N) is 2. The number of anilines is 1. The summed E-state index contributed by atoms with van der Waals surface area (Å²) in [6, 6.07) is 12.6. The van der Waals surface area contributed by atoms with Gasteiger partial charge in [-0.2, -0.15) is 13.2 Å². The van der Waals surface area contributed by atoms with Gasteiger partial charge >= 0.3 is 6.18 Å². The topological polar surface area (TPSA) is 45.2 Å². The molecule has 0 aliphatic rings. The van der Waals surface area contributed by atoms with Crippen LogP contribution in [0.25, 0.3) is 10.6 Å². The minimum atomic E-state index is -4.37. The van der Waals surface area contributed by atoms with Gasteiger partial charge in [0.15, 0.2) is 0 Å². The van der Waals surface area contributed by atoms with Crippen LogP contribution in [0.15, 0.2) is 53.9 Å². The summed E-state index contributed by atoms with van der Waals surface area (Å²) in [6.07, 6.45) is -3.33. The molecule has 0 aliphatic carbocycles. The van der Waals surface area contributed by atoms with Gasteiger partial charge in [-0.3, -0.25) is 4.79 Å². The summed E-state index contributed by atoms with van der Waals surface area (Å²) in [4.78, 5) is 18.8.